The highest BCUT2D eigenvalue weighted by molar-refractivity contribution is 6.02. The van der Waals surface area contributed by atoms with Crippen LogP contribution >= 0.6 is 0 Å². The lowest BCUT2D eigenvalue weighted by Crippen LogP contribution is -2.32. The van der Waals surface area contributed by atoms with Crippen LogP contribution in [0.15, 0.2) is 54.6 Å². The molecule has 2 atom stereocenters. The van der Waals surface area contributed by atoms with E-state index in [-0.39, 0.29) is 24.9 Å². The van der Waals surface area contributed by atoms with Gasteiger partial charge in [0.15, 0.2) is 0 Å². The highest BCUT2D eigenvalue weighted by Gasteiger charge is 2.30. The van der Waals surface area contributed by atoms with Crippen molar-refractivity contribution < 1.29 is 14.4 Å². The number of carbonyl (C=O) groups excluding carboxylic acids is 3. The molecule has 0 aromatic heterocycles. The molecule has 2 heterocycles. The largest absolute Gasteiger partial charge is 0.352 e. The fourth-order valence-electron chi connectivity index (χ4n) is 4.62. The van der Waals surface area contributed by atoms with Crippen LogP contribution in [-0.4, -0.2) is 53.3 Å². The van der Waals surface area contributed by atoms with Crippen LogP contribution in [0.1, 0.15) is 41.3 Å². The third-order valence-corrected chi connectivity index (χ3v) is 6.38. The van der Waals surface area contributed by atoms with Gasteiger partial charge < -0.3 is 10.6 Å². The van der Waals surface area contributed by atoms with E-state index in [1.807, 2.05) is 12.1 Å². The number of nitrogens with one attached hydrogen (secondary N) is 2. The van der Waals surface area contributed by atoms with Crippen molar-refractivity contribution in [2.45, 2.75) is 38.9 Å². The summed E-state index contributed by atoms with van der Waals surface area (Å²) in [5.74, 6) is 0.107. The maximum atomic E-state index is 12.8. The molecule has 0 bridgehead atoms. The molecule has 2 aliphatic rings. The molecule has 0 aliphatic carbocycles. The Labute approximate surface area is 188 Å². The van der Waals surface area contributed by atoms with E-state index in [0.29, 0.717) is 29.6 Å². The van der Waals surface area contributed by atoms with Gasteiger partial charge in [-0.3, -0.25) is 19.4 Å². The van der Waals surface area contributed by atoms with Gasteiger partial charge in [0.1, 0.15) is 0 Å². The van der Waals surface area contributed by atoms with Crippen molar-refractivity contribution in [2.24, 2.45) is 5.92 Å². The number of likely N-dealkylation sites (tertiary alicyclic amines) is 1. The highest BCUT2D eigenvalue weighted by atomic mass is 16.2. The monoisotopic (exact) mass is 434 g/mol. The molecule has 2 saturated heterocycles. The van der Waals surface area contributed by atoms with Crippen molar-refractivity contribution in [1.29, 1.82) is 0 Å². The van der Waals surface area contributed by atoms with E-state index in [2.05, 4.69) is 46.7 Å². The fraction of sp³-hybridized carbons (Fsp3) is 0.400. The van der Waals surface area contributed by atoms with Crippen LogP contribution < -0.4 is 10.6 Å². The molecule has 7 heteroatoms. The molecule has 2 aliphatic heterocycles. The molecule has 0 spiro atoms. The molecule has 4 rings (SSSR count). The Bertz CT molecular complexity index is 962. The molecule has 32 heavy (non-hydrogen) atoms. The summed E-state index contributed by atoms with van der Waals surface area (Å²) in [5, 5.41) is 5.54. The van der Waals surface area contributed by atoms with Crippen LogP contribution in [0.3, 0.4) is 0 Å². The second-order valence-corrected chi connectivity index (χ2v) is 8.71. The molecule has 2 aromatic carbocycles. The van der Waals surface area contributed by atoms with Gasteiger partial charge in [0.25, 0.3) is 5.91 Å². The predicted octanol–water partition coefficient (Wildman–Crippen LogP) is 2.77. The molecule has 7 nitrogen and oxygen atoms in total. The van der Waals surface area contributed by atoms with Gasteiger partial charge in [0.05, 0.1) is 13.1 Å². The maximum Gasteiger partial charge on any atom is 0.324 e. The van der Waals surface area contributed by atoms with Crippen molar-refractivity contribution >= 4 is 17.8 Å². The summed E-state index contributed by atoms with van der Waals surface area (Å²) >= 11 is 0. The Morgan fingerprint density at radius 2 is 1.81 bits per heavy atom. The lowest BCUT2D eigenvalue weighted by atomic mass is 10.0. The topological polar surface area (TPSA) is 81.8 Å². The Kier molecular flexibility index (Phi) is 6.85. The summed E-state index contributed by atoms with van der Waals surface area (Å²) in [7, 11) is 0. The van der Waals surface area contributed by atoms with Crippen molar-refractivity contribution in [3.8, 4) is 0 Å². The summed E-state index contributed by atoms with van der Waals surface area (Å²) < 4.78 is 0. The van der Waals surface area contributed by atoms with Gasteiger partial charge in [-0.05, 0) is 42.9 Å². The van der Waals surface area contributed by atoms with Crippen molar-refractivity contribution in [2.75, 3.05) is 19.6 Å². The first kappa shape index (κ1) is 22.0. The van der Waals surface area contributed by atoms with Crippen LogP contribution in [0.25, 0.3) is 0 Å². The first-order valence-corrected chi connectivity index (χ1v) is 11.2. The normalized spacial score (nSPS) is 21.1. The third-order valence-electron chi connectivity index (χ3n) is 6.38. The van der Waals surface area contributed by atoms with Gasteiger partial charge in [-0.25, -0.2) is 4.79 Å². The number of carbonyl (C=O) groups is 3. The second-order valence-electron chi connectivity index (χ2n) is 8.71. The minimum absolute atomic E-state index is 0.00823. The zero-order chi connectivity index (χ0) is 22.5. The van der Waals surface area contributed by atoms with Gasteiger partial charge >= 0.3 is 6.03 Å². The van der Waals surface area contributed by atoms with Crippen LogP contribution in [0.4, 0.5) is 4.79 Å². The summed E-state index contributed by atoms with van der Waals surface area (Å²) in [6.45, 7) is 4.98. The van der Waals surface area contributed by atoms with Crippen LogP contribution in [-0.2, 0) is 17.9 Å². The molecular formula is C25H30N4O3. The number of hydrogen-bond donors (Lipinski definition) is 2. The second kappa shape index (κ2) is 9.96. The average Bonchev–Trinajstić information content (AvgIpc) is 3.30. The zero-order valence-electron chi connectivity index (χ0n) is 18.4. The Balaban J connectivity index is 1.28. The number of rotatable bonds is 8. The van der Waals surface area contributed by atoms with E-state index in [0.717, 1.165) is 30.8 Å². The predicted molar refractivity (Wildman–Crippen MR) is 122 cm³/mol. The Morgan fingerprint density at radius 1 is 1.06 bits per heavy atom. The summed E-state index contributed by atoms with van der Waals surface area (Å²) in [4.78, 5) is 40.2. The first-order valence-electron chi connectivity index (χ1n) is 11.2. The lowest BCUT2D eigenvalue weighted by Gasteiger charge is -2.21. The molecule has 4 amide bonds. The smallest absolute Gasteiger partial charge is 0.324 e. The van der Waals surface area contributed by atoms with E-state index in [1.54, 1.807) is 18.2 Å². The van der Waals surface area contributed by atoms with E-state index in [4.69, 9.17) is 0 Å². The van der Waals surface area contributed by atoms with Gasteiger partial charge in [-0.15, -0.1) is 0 Å². The maximum absolute atomic E-state index is 12.8. The number of imide groups is 1. The number of nitrogens with zero attached hydrogens (tertiary/aromatic N) is 2. The number of hydrogen-bond acceptors (Lipinski definition) is 4. The standard InChI is InChI=1S/C25H30N4O3/c1-18-13-20(16-28(18)15-19-7-3-2-4-8-19)11-12-26-24(31)22-10-6-5-9-21(22)17-29-23(30)14-27-25(29)32/h2-10,18,20H,11-17H2,1H3,(H,26,31)(H,27,32). The molecule has 2 aromatic rings. The highest BCUT2D eigenvalue weighted by Crippen LogP contribution is 2.27. The average molecular weight is 435 g/mol. The van der Waals surface area contributed by atoms with Gasteiger partial charge in [-0.2, -0.15) is 0 Å². The Hall–Kier alpha value is -3.19. The molecule has 2 fully saturated rings. The number of urea groups is 1. The van der Waals surface area contributed by atoms with Crippen molar-refractivity contribution in [3.63, 3.8) is 0 Å². The summed E-state index contributed by atoms with van der Waals surface area (Å²) in [6, 6.07) is 17.8. The molecule has 0 saturated carbocycles. The fourth-order valence-corrected chi connectivity index (χ4v) is 4.62. The van der Waals surface area contributed by atoms with Crippen molar-refractivity contribution in [3.05, 3.63) is 71.3 Å². The number of amides is 4. The van der Waals surface area contributed by atoms with Crippen molar-refractivity contribution in [1.82, 2.24) is 20.4 Å². The van der Waals surface area contributed by atoms with E-state index in [9.17, 15) is 14.4 Å². The molecule has 168 valence electrons. The van der Waals surface area contributed by atoms with Crippen LogP contribution in [0.5, 0.6) is 0 Å². The van der Waals surface area contributed by atoms with E-state index < -0.39 is 6.03 Å². The minimum Gasteiger partial charge on any atom is -0.352 e. The molecular weight excluding hydrogens is 404 g/mol. The zero-order valence-corrected chi connectivity index (χ0v) is 18.4. The van der Waals surface area contributed by atoms with Crippen LogP contribution in [0, 0.1) is 5.92 Å². The molecule has 2 unspecified atom stereocenters. The van der Waals surface area contributed by atoms with Gasteiger partial charge in [-0.1, -0.05) is 48.5 Å². The quantitative estimate of drug-likeness (QED) is 0.626. The Morgan fingerprint density at radius 3 is 2.56 bits per heavy atom. The summed E-state index contributed by atoms with van der Waals surface area (Å²) in [5.41, 5.74) is 2.50. The van der Waals surface area contributed by atoms with Gasteiger partial charge in [0, 0.05) is 31.2 Å². The molecule has 2 N–H and O–H groups in total. The van der Waals surface area contributed by atoms with E-state index in [1.165, 1.54) is 5.56 Å². The molecule has 0 radical (unpaired) electrons. The third kappa shape index (κ3) is 5.16. The first-order chi connectivity index (χ1) is 15.5. The summed E-state index contributed by atoms with van der Waals surface area (Å²) in [6.07, 6.45) is 2.06. The van der Waals surface area contributed by atoms with Crippen LogP contribution in [0.2, 0.25) is 0 Å². The minimum atomic E-state index is -0.416. The lowest BCUT2D eigenvalue weighted by molar-refractivity contribution is -0.125. The van der Waals surface area contributed by atoms with E-state index >= 15 is 0 Å². The SMILES string of the molecule is CC1CC(CCNC(=O)c2ccccc2CN2C(=O)CNC2=O)CN1Cc1ccccc1. The number of benzene rings is 2. The van der Waals surface area contributed by atoms with Gasteiger partial charge in [0.2, 0.25) is 5.91 Å².